The molecule has 0 bridgehead atoms. The maximum atomic E-state index is 4.61. The highest BCUT2D eigenvalue weighted by Crippen LogP contribution is 2.41. The van der Waals surface area contributed by atoms with E-state index in [4.69, 9.17) is 0 Å². The molecule has 6 aromatic carbocycles. The lowest BCUT2D eigenvalue weighted by Crippen LogP contribution is -2.13. The summed E-state index contributed by atoms with van der Waals surface area (Å²) in [6.45, 7) is 0. The summed E-state index contributed by atoms with van der Waals surface area (Å²) in [5, 5.41) is 1.11. The predicted octanol–water partition coefficient (Wildman–Crippen LogP) is 10.9. The van der Waals surface area contributed by atoms with Gasteiger partial charge in [-0.1, -0.05) is 60.7 Å². The van der Waals surface area contributed by atoms with Crippen molar-refractivity contribution in [1.82, 2.24) is 4.98 Å². The van der Waals surface area contributed by atoms with Crippen molar-refractivity contribution in [2.75, 3.05) is 21.7 Å². The summed E-state index contributed by atoms with van der Waals surface area (Å²) < 4.78 is 0. The average Bonchev–Trinajstić information content (AvgIpc) is 3.11. The number of hydrogen-bond donors (Lipinski definition) is 0. The van der Waals surface area contributed by atoms with Crippen LogP contribution in [0, 0.1) is 0 Å². The molecule has 0 saturated carbocycles. The quantitative estimate of drug-likeness (QED) is 0.182. The van der Waals surface area contributed by atoms with E-state index in [-0.39, 0.29) is 0 Å². The first-order valence-electron chi connectivity index (χ1n) is 14.8. The Bertz CT molecular complexity index is 1950. The summed E-state index contributed by atoms with van der Waals surface area (Å²) in [7, 11) is 2.10. The van der Waals surface area contributed by atoms with Crippen molar-refractivity contribution < 1.29 is 0 Å². The zero-order valence-electron chi connectivity index (χ0n) is 24.5. The lowest BCUT2D eigenvalue weighted by atomic mass is 10.1. The maximum Gasteiger partial charge on any atom is 0.0723 e. The van der Waals surface area contributed by atoms with Crippen molar-refractivity contribution in [2.24, 2.45) is 0 Å². The van der Waals surface area contributed by atoms with Gasteiger partial charge in [0, 0.05) is 58.4 Å². The summed E-state index contributed by atoms with van der Waals surface area (Å²) in [6, 6.07) is 59.4. The minimum atomic E-state index is 0.971. The molecule has 0 spiro atoms. The molecule has 0 aliphatic heterocycles. The van der Waals surface area contributed by atoms with E-state index in [1.807, 2.05) is 18.3 Å². The number of aromatic nitrogens is 1. The summed E-state index contributed by atoms with van der Waals surface area (Å²) in [5.41, 5.74) is 9.79. The Morgan fingerprint density at radius 1 is 0.364 bits per heavy atom. The molecule has 212 valence electrons. The van der Waals surface area contributed by atoms with E-state index in [0.29, 0.717) is 0 Å². The molecule has 4 heteroatoms. The molecule has 0 atom stereocenters. The van der Waals surface area contributed by atoms with Crippen LogP contribution >= 0.6 is 0 Å². The molecule has 0 radical (unpaired) electrons. The number of nitrogens with zero attached hydrogens (tertiary/aromatic N) is 4. The zero-order valence-corrected chi connectivity index (χ0v) is 24.5. The molecule has 44 heavy (non-hydrogen) atoms. The zero-order chi connectivity index (χ0) is 29.7. The van der Waals surface area contributed by atoms with Crippen LogP contribution in [0.25, 0.3) is 10.9 Å². The highest BCUT2D eigenvalue weighted by Gasteiger charge is 2.18. The van der Waals surface area contributed by atoms with Gasteiger partial charge < -0.3 is 14.7 Å². The van der Waals surface area contributed by atoms with E-state index in [1.165, 1.54) is 0 Å². The fraction of sp³-hybridized carbons (Fsp3) is 0.0250. The van der Waals surface area contributed by atoms with E-state index in [2.05, 4.69) is 184 Å². The number of para-hydroxylation sites is 3. The van der Waals surface area contributed by atoms with Gasteiger partial charge in [0.15, 0.2) is 0 Å². The van der Waals surface area contributed by atoms with E-state index in [9.17, 15) is 0 Å². The molecule has 7 rings (SSSR count). The van der Waals surface area contributed by atoms with Crippen LogP contribution in [-0.2, 0) is 0 Å². The van der Waals surface area contributed by atoms with Gasteiger partial charge in [-0.3, -0.25) is 4.98 Å². The molecule has 0 saturated heterocycles. The molecule has 0 unspecified atom stereocenters. The summed E-state index contributed by atoms with van der Waals surface area (Å²) >= 11 is 0. The monoisotopic (exact) mass is 568 g/mol. The van der Waals surface area contributed by atoms with Crippen LogP contribution in [0.4, 0.5) is 45.5 Å². The first-order valence-corrected chi connectivity index (χ1v) is 14.8. The second kappa shape index (κ2) is 12.2. The molecule has 1 heterocycles. The third-order valence-electron chi connectivity index (χ3n) is 7.90. The largest absolute Gasteiger partial charge is 0.345 e. The normalized spacial score (nSPS) is 10.8. The van der Waals surface area contributed by atoms with Crippen LogP contribution in [0.3, 0.4) is 0 Å². The van der Waals surface area contributed by atoms with Crippen LogP contribution in [-0.4, -0.2) is 12.0 Å². The topological polar surface area (TPSA) is 22.6 Å². The Kier molecular flexibility index (Phi) is 7.46. The lowest BCUT2D eigenvalue weighted by Gasteiger charge is -2.29. The highest BCUT2D eigenvalue weighted by molar-refractivity contribution is 5.97. The molecular weight excluding hydrogens is 536 g/mol. The van der Waals surface area contributed by atoms with Crippen molar-refractivity contribution in [3.05, 3.63) is 176 Å². The molecular formula is C40H32N4. The van der Waals surface area contributed by atoms with Crippen molar-refractivity contribution in [3.8, 4) is 0 Å². The van der Waals surface area contributed by atoms with Crippen LogP contribution < -0.4 is 14.7 Å². The fourth-order valence-electron chi connectivity index (χ4n) is 5.69. The molecule has 1 aromatic heterocycles. The van der Waals surface area contributed by atoms with Gasteiger partial charge >= 0.3 is 0 Å². The Balaban J connectivity index is 1.28. The molecule has 7 aromatic rings. The van der Waals surface area contributed by atoms with Crippen LogP contribution in [0.15, 0.2) is 176 Å². The maximum absolute atomic E-state index is 4.61. The Labute approximate surface area is 258 Å². The third-order valence-corrected chi connectivity index (χ3v) is 7.90. The number of pyridine rings is 1. The predicted molar refractivity (Wildman–Crippen MR) is 186 cm³/mol. The van der Waals surface area contributed by atoms with E-state index < -0.39 is 0 Å². The Morgan fingerprint density at radius 2 is 0.795 bits per heavy atom. The van der Waals surface area contributed by atoms with Gasteiger partial charge in [0.05, 0.1) is 11.2 Å². The molecule has 0 N–H and O–H groups in total. The second-order valence-electron chi connectivity index (χ2n) is 10.6. The van der Waals surface area contributed by atoms with Crippen LogP contribution in [0.5, 0.6) is 0 Å². The number of rotatable bonds is 8. The number of fused-ring (bicyclic) bond motifs is 1. The SMILES string of the molecule is CN(c1ccccc1)c1ccc(N(c2ccccc2)c2ccc(N(c3ccccc3)c3cccc4ncccc34)cc2)cc1. The number of anilines is 8. The minimum Gasteiger partial charge on any atom is -0.345 e. The van der Waals surface area contributed by atoms with Crippen LogP contribution in [0.2, 0.25) is 0 Å². The Morgan fingerprint density at radius 3 is 1.36 bits per heavy atom. The first-order chi connectivity index (χ1) is 21.8. The van der Waals surface area contributed by atoms with E-state index >= 15 is 0 Å². The summed E-state index contributed by atoms with van der Waals surface area (Å²) in [4.78, 5) is 11.4. The average molecular weight is 569 g/mol. The van der Waals surface area contributed by atoms with Gasteiger partial charge in [0.1, 0.15) is 0 Å². The van der Waals surface area contributed by atoms with Crippen molar-refractivity contribution >= 4 is 56.4 Å². The summed E-state index contributed by atoms with van der Waals surface area (Å²) in [5.74, 6) is 0. The number of hydrogen-bond acceptors (Lipinski definition) is 4. The van der Waals surface area contributed by atoms with Crippen LogP contribution in [0.1, 0.15) is 0 Å². The summed E-state index contributed by atoms with van der Waals surface area (Å²) in [6.07, 6.45) is 1.85. The Hall–Kier alpha value is -5.87. The smallest absolute Gasteiger partial charge is 0.0723 e. The van der Waals surface area contributed by atoms with Crippen molar-refractivity contribution in [2.45, 2.75) is 0 Å². The second-order valence-corrected chi connectivity index (χ2v) is 10.6. The van der Waals surface area contributed by atoms with Gasteiger partial charge in [-0.2, -0.15) is 0 Å². The van der Waals surface area contributed by atoms with Gasteiger partial charge in [-0.05, 0) is 109 Å². The first kappa shape index (κ1) is 27.0. The molecule has 0 aliphatic carbocycles. The molecule has 0 amide bonds. The van der Waals surface area contributed by atoms with Crippen molar-refractivity contribution in [1.29, 1.82) is 0 Å². The van der Waals surface area contributed by atoms with Gasteiger partial charge in [0.2, 0.25) is 0 Å². The lowest BCUT2D eigenvalue weighted by molar-refractivity contribution is 1.20. The standard InChI is InChI=1S/C40H32N4/c1-42(31-13-5-2-6-14-31)32-22-24-35(25-23-32)43(33-15-7-3-8-16-33)36-26-28-37(29-27-36)44(34-17-9-4-10-18-34)40-21-11-20-39-38(40)19-12-30-41-39/h2-30H,1H3. The van der Waals surface area contributed by atoms with E-state index in [0.717, 1.165) is 56.4 Å². The van der Waals surface area contributed by atoms with Gasteiger partial charge in [-0.25, -0.2) is 0 Å². The number of benzene rings is 6. The molecule has 4 nitrogen and oxygen atoms in total. The van der Waals surface area contributed by atoms with Gasteiger partial charge in [-0.15, -0.1) is 0 Å². The molecule has 0 fully saturated rings. The fourth-order valence-corrected chi connectivity index (χ4v) is 5.69. The minimum absolute atomic E-state index is 0.971. The van der Waals surface area contributed by atoms with Crippen molar-refractivity contribution in [3.63, 3.8) is 0 Å². The van der Waals surface area contributed by atoms with Gasteiger partial charge in [0.25, 0.3) is 0 Å². The van der Waals surface area contributed by atoms with E-state index in [1.54, 1.807) is 0 Å². The third kappa shape index (κ3) is 5.37. The molecule has 0 aliphatic rings. The highest BCUT2D eigenvalue weighted by atomic mass is 15.2.